The summed E-state index contributed by atoms with van der Waals surface area (Å²) < 4.78 is 5.33. The molecule has 1 aromatic rings. The lowest BCUT2D eigenvalue weighted by Gasteiger charge is -2.25. The van der Waals surface area contributed by atoms with Crippen LogP contribution in [0.2, 0.25) is 0 Å². The van der Waals surface area contributed by atoms with Gasteiger partial charge in [-0.05, 0) is 70.1 Å². The van der Waals surface area contributed by atoms with E-state index in [4.69, 9.17) is 10.5 Å². The third-order valence-corrected chi connectivity index (χ3v) is 7.68. The van der Waals surface area contributed by atoms with Crippen LogP contribution < -0.4 is 32.3 Å². The van der Waals surface area contributed by atoms with Gasteiger partial charge in [0.25, 0.3) is 11.8 Å². The number of imide groups is 1. The first-order valence-electron chi connectivity index (χ1n) is 17.0. The summed E-state index contributed by atoms with van der Waals surface area (Å²) in [5.74, 6) is -3.60. The van der Waals surface area contributed by atoms with E-state index in [0.717, 1.165) is 22.6 Å². The molecule has 1 heterocycles. The van der Waals surface area contributed by atoms with Crippen LogP contribution in [-0.2, 0) is 44.9 Å². The van der Waals surface area contributed by atoms with Crippen molar-refractivity contribution in [2.24, 2.45) is 17.1 Å². The highest BCUT2D eigenvalue weighted by molar-refractivity contribution is 6.14. The van der Waals surface area contributed by atoms with Crippen molar-refractivity contribution < 1.29 is 43.1 Å². The van der Waals surface area contributed by atoms with Crippen molar-refractivity contribution in [3.05, 3.63) is 42.0 Å². The number of ether oxygens (including phenoxy) is 1. The number of carbonyl (C=O) groups excluding carboxylic acids is 8. The number of rotatable bonds is 20. The van der Waals surface area contributed by atoms with E-state index in [1.807, 2.05) is 0 Å². The number of nitrogens with one attached hydrogen (secondary N) is 5. The Morgan fingerprint density at radius 2 is 1.43 bits per heavy atom. The van der Waals surface area contributed by atoms with E-state index in [9.17, 15) is 38.4 Å². The number of nitrogens with zero attached hydrogens (tertiary/aromatic N) is 1. The minimum Gasteiger partial charge on any atom is -0.460 e. The number of anilines is 1. The quantitative estimate of drug-likeness (QED) is 0.0650. The number of unbranched alkanes of at least 4 members (excludes halogenated alkanes) is 2. The van der Waals surface area contributed by atoms with Crippen LogP contribution in [0, 0.1) is 11.3 Å². The number of esters is 1. The number of primary amides is 1. The summed E-state index contributed by atoms with van der Waals surface area (Å²) in [7, 11) is 0. The molecule has 51 heavy (non-hydrogen) atoms. The Hall–Kier alpha value is -5.28. The number of nitrogens with two attached hydrogens (primary N) is 1. The van der Waals surface area contributed by atoms with E-state index in [2.05, 4.69) is 26.6 Å². The van der Waals surface area contributed by atoms with E-state index in [1.165, 1.54) is 0 Å². The van der Waals surface area contributed by atoms with E-state index >= 15 is 0 Å². The van der Waals surface area contributed by atoms with Gasteiger partial charge in [0, 0.05) is 37.3 Å². The molecule has 0 saturated heterocycles. The fraction of sp³-hybridized carbons (Fsp3) is 0.543. The van der Waals surface area contributed by atoms with Gasteiger partial charge in [-0.25, -0.2) is 4.79 Å². The van der Waals surface area contributed by atoms with Crippen molar-refractivity contribution in [3.63, 3.8) is 0 Å². The Bertz CT molecular complexity index is 1430. The van der Waals surface area contributed by atoms with Crippen LogP contribution in [-0.4, -0.2) is 84.1 Å². The van der Waals surface area contributed by atoms with Gasteiger partial charge in [0.1, 0.15) is 25.2 Å². The summed E-state index contributed by atoms with van der Waals surface area (Å²) in [6.45, 7) is 8.99. The lowest BCUT2D eigenvalue weighted by molar-refractivity contribution is -0.154. The molecule has 0 aliphatic carbocycles. The highest BCUT2D eigenvalue weighted by Crippen LogP contribution is 2.18. The van der Waals surface area contributed by atoms with Crippen molar-refractivity contribution in [2.75, 3.05) is 25.0 Å². The first kappa shape index (κ1) is 41.9. The second kappa shape index (κ2) is 20.4. The summed E-state index contributed by atoms with van der Waals surface area (Å²) in [5.41, 5.74) is 5.67. The average Bonchev–Trinajstić information content (AvgIpc) is 3.37. The SMILES string of the molecule is CC(C)[C@H](NC(=O)CCCCCNC(=O)CN1C(=O)C=CC1=O)C(=O)NC(CCCNC(N)=O)C(=O)Nc1ccc(COC(=O)C(C)(C)C)cc1. The Kier molecular flexibility index (Phi) is 16.8. The largest absolute Gasteiger partial charge is 0.460 e. The van der Waals surface area contributed by atoms with Gasteiger partial charge in [0.2, 0.25) is 23.6 Å². The highest BCUT2D eigenvalue weighted by atomic mass is 16.5. The Morgan fingerprint density at radius 3 is 2.02 bits per heavy atom. The van der Waals surface area contributed by atoms with E-state index in [-0.39, 0.29) is 50.3 Å². The number of hydrogen-bond donors (Lipinski definition) is 6. The monoisotopic (exact) mass is 713 g/mol. The third kappa shape index (κ3) is 15.4. The van der Waals surface area contributed by atoms with Gasteiger partial charge in [-0.3, -0.25) is 38.5 Å². The molecule has 0 bridgehead atoms. The number of urea groups is 1. The topological polar surface area (TPSA) is 235 Å². The molecular weight excluding hydrogens is 662 g/mol. The zero-order valence-electron chi connectivity index (χ0n) is 30.0. The van der Waals surface area contributed by atoms with Gasteiger partial charge >= 0.3 is 12.0 Å². The average molecular weight is 714 g/mol. The molecule has 0 radical (unpaired) electrons. The molecule has 2 atom stereocenters. The van der Waals surface area contributed by atoms with Crippen LogP contribution in [0.4, 0.5) is 10.5 Å². The van der Waals surface area contributed by atoms with E-state index in [1.54, 1.807) is 58.9 Å². The molecule has 16 heteroatoms. The summed E-state index contributed by atoms with van der Waals surface area (Å²) in [5, 5.41) is 13.4. The molecule has 0 aromatic heterocycles. The van der Waals surface area contributed by atoms with Crippen molar-refractivity contribution in [1.82, 2.24) is 26.2 Å². The maximum absolute atomic E-state index is 13.4. The van der Waals surface area contributed by atoms with Gasteiger partial charge in [-0.15, -0.1) is 0 Å². The second-order valence-electron chi connectivity index (χ2n) is 13.6. The highest BCUT2D eigenvalue weighted by Gasteiger charge is 2.29. The maximum atomic E-state index is 13.4. The molecule has 8 amide bonds. The molecular formula is C35H51N7O9. The number of benzene rings is 1. The van der Waals surface area contributed by atoms with Crippen LogP contribution in [0.3, 0.4) is 0 Å². The van der Waals surface area contributed by atoms with Crippen LogP contribution in [0.5, 0.6) is 0 Å². The molecule has 280 valence electrons. The van der Waals surface area contributed by atoms with Crippen LogP contribution in [0.15, 0.2) is 36.4 Å². The Balaban J connectivity index is 1.88. The molecule has 0 spiro atoms. The van der Waals surface area contributed by atoms with Crippen LogP contribution in [0.1, 0.15) is 78.7 Å². The standard InChI is InChI=1S/C35H51N7O9/c1-22(2)30(41-26(43)11-7-6-8-18-37-27(44)20-42-28(45)16-17-29(42)46)32(48)40-25(10-9-19-38-34(36)50)31(47)39-24-14-12-23(13-15-24)21-51-33(49)35(3,4)5/h12-17,22,25,30H,6-11,18-21H2,1-5H3,(H,37,44)(H,39,47)(H,40,48)(H,41,43)(H3,36,38,50)/t25?,30-/m0/s1. The predicted molar refractivity (Wildman–Crippen MR) is 187 cm³/mol. The van der Waals surface area contributed by atoms with Gasteiger partial charge in [-0.2, -0.15) is 0 Å². The number of amides is 8. The number of hydrogen-bond acceptors (Lipinski definition) is 9. The zero-order chi connectivity index (χ0) is 38.1. The van der Waals surface area contributed by atoms with Crippen LogP contribution >= 0.6 is 0 Å². The number of carbonyl (C=O) groups is 8. The van der Waals surface area contributed by atoms with Crippen molar-refractivity contribution in [2.45, 2.75) is 91.8 Å². The van der Waals surface area contributed by atoms with Gasteiger partial charge in [-0.1, -0.05) is 32.4 Å². The van der Waals surface area contributed by atoms with E-state index in [0.29, 0.717) is 37.9 Å². The summed E-state index contributed by atoms with van der Waals surface area (Å²) in [4.78, 5) is 98.7. The van der Waals surface area contributed by atoms with Crippen LogP contribution in [0.25, 0.3) is 0 Å². The summed E-state index contributed by atoms with van der Waals surface area (Å²) in [6.07, 6.45) is 4.46. The molecule has 0 fully saturated rings. The molecule has 7 N–H and O–H groups in total. The first-order chi connectivity index (χ1) is 24.0. The normalized spacial score (nSPS) is 13.7. The zero-order valence-corrected chi connectivity index (χ0v) is 30.0. The minimum absolute atomic E-state index is 0.0712. The first-order valence-corrected chi connectivity index (χ1v) is 17.0. The molecule has 2 rings (SSSR count). The molecule has 1 aliphatic rings. The lowest BCUT2D eigenvalue weighted by Crippen LogP contribution is -2.54. The Morgan fingerprint density at radius 1 is 0.804 bits per heavy atom. The third-order valence-electron chi connectivity index (χ3n) is 7.68. The summed E-state index contributed by atoms with van der Waals surface area (Å²) in [6, 6.07) is 4.04. The van der Waals surface area contributed by atoms with Crippen molar-refractivity contribution in [3.8, 4) is 0 Å². The Labute approximate surface area is 298 Å². The molecule has 1 unspecified atom stereocenters. The molecule has 1 aromatic carbocycles. The minimum atomic E-state index is -1.01. The molecule has 0 saturated carbocycles. The predicted octanol–water partition coefficient (Wildman–Crippen LogP) is 1.39. The molecule has 1 aliphatic heterocycles. The van der Waals surface area contributed by atoms with Gasteiger partial charge < -0.3 is 37.1 Å². The molecule has 16 nitrogen and oxygen atoms in total. The summed E-state index contributed by atoms with van der Waals surface area (Å²) >= 11 is 0. The van der Waals surface area contributed by atoms with Gasteiger partial charge in [0.15, 0.2) is 0 Å². The lowest BCUT2D eigenvalue weighted by atomic mass is 9.97. The second-order valence-corrected chi connectivity index (χ2v) is 13.6. The van der Waals surface area contributed by atoms with Crippen molar-refractivity contribution >= 4 is 53.1 Å². The fourth-order valence-corrected chi connectivity index (χ4v) is 4.71. The van der Waals surface area contributed by atoms with Crippen molar-refractivity contribution in [1.29, 1.82) is 0 Å². The van der Waals surface area contributed by atoms with E-state index < -0.39 is 53.1 Å². The maximum Gasteiger partial charge on any atom is 0.312 e. The fourth-order valence-electron chi connectivity index (χ4n) is 4.71. The smallest absolute Gasteiger partial charge is 0.312 e. The van der Waals surface area contributed by atoms with Gasteiger partial charge in [0.05, 0.1) is 5.41 Å².